The van der Waals surface area contributed by atoms with Gasteiger partial charge in [0.2, 0.25) is 5.91 Å². The normalized spacial score (nSPS) is 18.4. The van der Waals surface area contributed by atoms with Crippen LogP contribution < -0.4 is 15.8 Å². The SMILES string of the molecule is CC1(C)CC(NC(=O)Cc2ccccc2Cl)c2cc(N)ccc2O1. The number of hydrogen-bond acceptors (Lipinski definition) is 3. The van der Waals surface area contributed by atoms with Crippen LogP contribution in [0, 0.1) is 0 Å². The molecule has 0 aromatic heterocycles. The molecule has 24 heavy (non-hydrogen) atoms. The van der Waals surface area contributed by atoms with E-state index in [9.17, 15) is 4.79 Å². The average Bonchev–Trinajstić information content (AvgIpc) is 2.49. The lowest BCUT2D eigenvalue weighted by Gasteiger charge is -2.38. The third kappa shape index (κ3) is 3.65. The van der Waals surface area contributed by atoms with Crippen molar-refractivity contribution >= 4 is 23.2 Å². The van der Waals surface area contributed by atoms with Crippen molar-refractivity contribution in [3.8, 4) is 5.75 Å². The summed E-state index contributed by atoms with van der Waals surface area (Å²) in [5, 5.41) is 3.70. The highest BCUT2D eigenvalue weighted by Gasteiger charge is 2.34. The van der Waals surface area contributed by atoms with Gasteiger partial charge in [0.05, 0.1) is 12.5 Å². The predicted molar refractivity (Wildman–Crippen MR) is 96.2 cm³/mol. The molecule has 2 aromatic carbocycles. The van der Waals surface area contributed by atoms with Crippen LogP contribution in [-0.4, -0.2) is 11.5 Å². The lowest BCUT2D eigenvalue weighted by atomic mass is 9.89. The van der Waals surface area contributed by atoms with E-state index >= 15 is 0 Å². The summed E-state index contributed by atoms with van der Waals surface area (Å²) < 4.78 is 6.00. The van der Waals surface area contributed by atoms with E-state index in [-0.39, 0.29) is 24.0 Å². The summed E-state index contributed by atoms with van der Waals surface area (Å²) in [6.07, 6.45) is 0.923. The summed E-state index contributed by atoms with van der Waals surface area (Å²) >= 11 is 6.14. The van der Waals surface area contributed by atoms with E-state index in [2.05, 4.69) is 5.32 Å². The van der Waals surface area contributed by atoms with Gasteiger partial charge in [0.1, 0.15) is 11.4 Å². The number of ether oxygens (including phenoxy) is 1. The van der Waals surface area contributed by atoms with E-state index in [1.165, 1.54) is 0 Å². The number of nitrogens with one attached hydrogen (secondary N) is 1. The van der Waals surface area contributed by atoms with Gasteiger partial charge in [-0.3, -0.25) is 4.79 Å². The first-order valence-electron chi connectivity index (χ1n) is 7.95. The monoisotopic (exact) mass is 344 g/mol. The van der Waals surface area contributed by atoms with Gasteiger partial charge in [-0.2, -0.15) is 0 Å². The smallest absolute Gasteiger partial charge is 0.224 e. The molecule has 0 saturated heterocycles. The van der Waals surface area contributed by atoms with E-state index < -0.39 is 0 Å². The first-order valence-corrected chi connectivity index (χ1v) is 8.33. The van der Waals surface area contributed by atoms with Gasteiger partial charge in [0.25, 0.3) is 0 Å². The summed E-state index contributed by atoms with van der Waals surface area (Å²) in [5.41, 5.74) is 7.93. The van der Waals surface area contributed by atoms with Gasteiger partial charge < -0.3 is 15.8 Å². The highest BCUT2D eigenvalue weighted by molar-refractivity contribution is 6.31. The number of carbonyl (C=O) groups is 1. The summed E-state index contributed by atoms with van der Waals surface area (Å²) in [5.74, 6) is 0.697. The van der Waals surface area contributed by atoms with Gasteiger partial charge in [-0.15, -0.1) is 0 Å². The van der Waals surface area contributed by atoms with E-state index in [0.717, 1.165) is 16.9 Å². The Bertz CT molecular complexity index is 774. The molecular formula is C19H21ClN2O2. The van der Waals surface area contributed by atoms with Gasteiger partial charge in [-0.25, -0.2) is 0 Å². The van der Waals surface area contributed by atoms with Crippen molar-refractivity contribution in [2.45, 2.75) is 38.3 Å². The molecule has 1 atom stereocenters. The molecular weight excluding hydrogens is 324 g/mol. The lowest BCUT2D eigenvalue weighted by Crippen LogP contribution is -2.41. The molecule has 1 aliphatic rings. The molecule has 126 valence electrons. The first-order chi connectivity index (χ1) is 11.3. The molecule has 0 spiro atoms. The van der Waals surface area contributed by atoms with Crippen molar-refractivity contribution in [1.82, 2.24) is 5.32 Å². The minimum atomic E-state index is -0.356. The lowest BCUT2D eigenvalue weighted by molar-refractivity contribution is -0.121. The van der Waals surface area contributed by atoms with Crippen LogP contribution in [0.4, 0.5) is 5.69 Å². The zero-order chi connectivity index (χ0) is 17.3. The van der Waals surface area contributed by atoms with Gasteiger partial charge in [0, 0.05) is 22.7 Å². The first kappa shape index (κ1) is 16.7. The second-order valence-electron chi connectivity index (χ2n) is 6.75. The predicted octanol–water partition coefficient (Wildman–Crippen LogP) is 3.88. The molecule has 4 nitrogen and oxygen atoms in total. The molecule has 0 saturated carbocycles. The molecule has 3 rings (SSSR count). The molecule has 1 amide bonds. The minimum absolute atomic E-state index is 0.0702. The largest absolute Gasteiger partial charge is 0.487 e. The Balaban J connectivity index is 1.80. The number of carbonyl (C=O) groups excluding carboxylic acids is 1. The fraction of sp³-hybridized carbons (Fsp3) is 0.316. The molecule has 1 aliphatic heterocycles. The second-order valence-corrected chi connectivity index (χ2v) is 7.16. The minimum Gasteiger partial charge on any atom is -0.487 e. The highest BCUT2D eigenvalue weighted by atomic mass is 35.5. The van der Waals surface area contributed by atoms with Gasteiger partial charge in [-0.05, 0) is 43.7 Å². The number of nitrogen functional groups attached to an aromatic ring is 1. The fourth-order valence-electron chi connectivity index (χ4n) is 3.06. The van der Waals surface area contributed by atoms with Crippen LogP contribution in [0.5, 0.6) is 5.75 Å². The number of rotatable bonds is 3. The number of fused-ring (bicyclic) bond motifs is 1. The van der Waals surface area contributed by atoms with E-state index in [0.29, 0.717) is 17.1 Å². The van der Waals surface area contributed by atoms with Crippen LogP contribution in [-0.2, 0) is 11.2 Å². The van der Waals surface area contributed by atoms with E-state index in [4.69, 9.17) is 22.1 Å². The number of anilines is 1. The molecule has 2 aromatic rings. The molecule has 0 fully saturated rings. The Hall–Kier alpha value is -2.20. The number of benzene rings is 2. The number of hydrogen-bond donors (Lipinski definition) is 2. The quantitative estimate of drug-likeness (QED) is 0.830. The summed E-state index contributed by atoms with van der Waals surface area (Å²) in [6.45, 7) is 4.03. The maximum absolute atomic E-state index is 12.5. The van der Waals surface area contributed by atoms with Crippen LogP contribution in [0.2, 0.25) is 5.02 Å². The highest BCUT2D eigenvalue weighted by Crippen LogP contribution is 2.40. The van der Waals surface area contributed by atoms with Crippen molar-refractivity contribution in [2.24, 2.45) is 0 Å². The average molecular weight is 345 g/mol. The Labute approximate surface area is 147 Å². The molecule has 0 aliphatic carbocycles. The zero-order valence-electron chi connectivity index (χ0n) is 13.8. The van der Waals surface area contributed by atoms with Crippen molar-refractivity contribution in [3.05, 3.63) is 58.6 Å². The third-order valence-electron chi connectivity index (χ3n) is 4.14. The van der Waals surface area contributed by atoms with Crippen molar-refractivity contribution in [2.75, 3.05) is 5.73 Å². The van der Waals surface area contributed by atoms with Crippen LogP contribution in [0.3, 0.4) is 0 Å². The van der Waals surface area contributed by atoms with Gasteiger partial charge in [0.15, 0.2) is 0 Å². The summed E-state index contributed by atoms with van der Waals surface area (Å²) in [6, 6.07) is 12.8. The molecule has 0 bridgehead atoms. The van der Waals surface area contributed by atoms with Crippen LogP contribution in [0.25, 0.3) is 0 Å². The molecule has 1 unspecified atom stereocenters. The van der Waals surface area contributed by atoms with Crippen LogP contribution in [0.1, 0.15) is 37.4 Å². The molecule has 5 heteroatoms. The molecule has 3 N–H and O–H groups in total. The number of amides is 1. The number of halogens is 1. The standard InChI is InChI=1S/C19H21ClN2O2/c1-19(2)11-16(14-10-13(21)7-8-17(14)24-19)22-18(23)9-12-5-3-4-6-15(12)20/h3-8,10,16H,9,11,21H2,1-2H3,(H,22,23). The van der Waals surface area contributed by atoms with E-state index in [1.807, 2.05) is 50.2 Å². The summed E-state index contributed by atoms with van der Waals surface area (Å²) in [4.78, 5) is 12.5. The molecule has 0 radical (unpaired) electrons. The van der Waals surface area contributed by atoms with Gasteiger partial charge >= 0.3 is 0 Å². The topological polar surface area (TPSA) is 64.4 Å². The second kappa shape index (κ2) is 6.36. The van der Waals surface area contributed by atoms with Crippen LogP contribution >= 0.6 is 11.6 Å². The van der Waals surface area contributed by atoms with Crippen LogP contribution in [0.15, 0.2) is 42.5 Å². The third-order valence-corrected chi connectivity index (χ3v) is 4.50. The maximum Gasteiger partial charge on any atom is 0.224 e. The Morgan fingerprint density at radius 3 is 2.83 bits per heavy atom. The van der Waals surface area contributed by atoms with Crippen molar-refractivity contribution in [3.63, 3.8) is 0 Å². The molecule has 1 heterocycles. The summed E-state index contributed by atoms with van der Waals surface area (Å²) in [7, 11) is 0. The van der Waals surface area contributed by atoms with Crippen molar-refractivity contribution < 1.29 is 9.53 Å². The fourth-order valence-corrected chi connectivity index (χ4v) is 3.26. The zero-order valence-corrected chi connectivity index (χ0v) is 14.6. The van der Waals surface area contributed by atoms with E-state index in [1.54, 1.807) is 6.07 Å². The van der Waals surface area contributed by atoms with Gasteiger partial charge in [-0.1, -0.05) is 29.8 Å². The Morgan fingerprint density at radius 1 is 1.33 bits per heavy atom. The number of nitrogens with two attached hydrogens (primary N) is 1. The maximum atomic E-state index is 12.5. The van der Waals surface area contributed by atoms with Crippen molar-refractivity contribution in [1.29, 1.82) is 0 Å². The Kier molecular flexibility index (Phi) is 4.41. The Morgan fingerprint density at radius 2 is 2.08 bits per heavy atom.